The van der Waals surface area contributed by atoms with E-state index >= 15 is 0 Å². The molecule has 0 saturated heterocycles. The Kier molecular flexibility index (Phi) is 18.3. The van der Waals surface area contributed by atoms with Gasteiger partial charge in [-0.15, -0.1) is 0 Å². The van der Waals surface area contributed by atoms with E-state index in [4.69, 9.17) is 5.73 Å². The lowest BCUT2D eigenvalue weighted by molar-refractivity contribution is -0.119. The van der Waals surface area contributed by atoms with E-state index in [0.29, 0.717) is 5.69 Å². The van der Waals surface area contributed by atoms with E-state index in [0.717, 1.165) is 19.3 Å². The van der Waals surface area contributed by atoms with Gasteiger partial charge in [0.05, 0.1) is 4.90 Å². The van der Waals surface area contributed by atoms with Crippen molar-refractivity contribution in [3.63, 3.8) is 0 Å². The number of hydrogen-bond donors (Lipinski definition) is 2. The lowest BCUT2D eigenvalue weighted by Gasteiger charge is -2.07. The smallest absolute Gasteiger partial charge is 0.264 e. The highest BCUT2D eigenvalue weighted by Gasteiger charge is 2.16. The number of carbonyl (C=O) groups is 1. The van der Waals surface area contributed by atoms with Crippen LogP contribution in [-0.2, 0) is 14.8 Å². The molecule has 6 heteroatoms. The normalized spacial score (nSPS) is 11.0. The number of anilines is 1. The molecule has 0 heterocycles. The molecule has 0 spiro atoms. The molecule has 0 saturated carbocycles. The monoisotopic (exact) mass is 530 g/mol. The standard InChI is InChI=1S/C24H42N2O3S.C7H8/c1-2-3-4-5-6-7-8-9-10-11-12-13-14-15-16-17-24(27)26-30(28,29)23-20-18-22(25)19-21-23;1-7-5-3-2-4-6-7/h18-21H,2-17,25H2,1H3,(H,26,27);2-6H,1H3. The van der Waals surface area contributed by atoms with E-state index < -0.39 is 15.9 Å². The number of sulfonamides is 1. The number of benzene rings is 2. The molecule has 208 valence electrons. The van der Waals surface area contributed by atoms with Gasteiger partial charge in [-0.3, -0.25) is 4.79 Å². The van der Waals surface area contributed by atoms with Gasteiger partial charge in [-0.1, -0.05) is 133 Å². The lowest BCUT2D eigenvalue weighted by atomic mass is 10.0. The fraction of sp³-hybridized carbons (Fsp3) is 0.581. The molecule has 0 aliphatic carbocycles. The van der Waals surface area contributed by atoms with Crippen molar-refractivity contribution in [3.8, 4) is 0 Å². The van der Waals surface area contributed by atoms with Crippen molar-refractivity contribution >= 4 is 21.6 Å². The third-order valence-corrected chi connectivity index (χ3v) is 7.78. The summed E-state index contributed by atoms with van der Waals surface area (Å²) in [7, 11) is -3.80. The zero-order valence-electron chi connectivity index (χ0n) is 23.2. The molecule has 0 radical (unpaired) electrons. The van der Waals surface area contributed by atoms with Crippen LogP contribution < -0.4 is 10.5 Å². The molecule has 0 fully saturated rings. The Bertz CT molecular complexity index is 929. The van der Waals surface area contributed by atoms with Crippen LogP contribution in [0.4, 0.5) is 5.69 Å². The molecule has 3 N–H and O–H groups in total. The van der Waals surface area contributed by atoms with Crippen LogP contribution in [0.25, 0.3) is 0 Å². The molecule has 5 nitrogen and oxygen atoms in total. The molecule has 2 rings (SSSR count). The first kappa shape index (κ1) is 32.7. The summed E-state index contributed by atoms with van der Waals surface area (Å²) >= 11 is 0. The average molecular weight is 531 g/mol. The summed E-state index contributed by atoms with van der Waals surface area (Å²) in [6.07, 6.45) is 19.2. The van der Waals surface area contributed by atoms with Gasteiger partial charge >= 0.3 is 0 Å². The fourth-order valence-electron chi connectivity index (χ4n) is 4.10. The van der Waals surface area contributed by atoms with E-state index in [1.165, 1.54) is 107 Å². The molecular weight excluding hydrogens is 480 g/mol. The summed E-state index contributed by atoms with van der Waals surface area (Å²) in [6.45, 7) is 4.34. The molecule has 0 atom stereocenters. The second kappa shape index (κ2) is 20.7. The van der Waals surface area contributed by atoms with Crippen molar-refractivity contribution in [2.45, 2.75) is 121 Å². The van der Waals surface area contributed by atoms with Crippen LogP contribution in [0, 0.1) is 6.92 Å². The maximum Gasteiger partial charge on any atom is 0.264 e. The Labute approximate surface area is 226 Å². The molecular formula is C31H50N2O3S. The van der Waals surface area contributed by atoms with Gasteiger partial charge < -0.3 is 5.73 Å². The van der Waals surface area contributed by atoms with Gasteiger partial charge in [0.1, 0.15) is 0 Å². The van der Waals surface area contributed by atoms with Gasteiger partial charge in [-0.2, -0.15) is 0 Å². The molecule has 37 heavy (non-hydrogen) atoms. The summed E-state index contributed by atoms with van der Waals surface area (Å²) in [5.74, 6) is -0.443. The van der Waals surface area contributed by atoms with Gasteiger partial charge in [0.15, 0.2) is 0 Å². The topological polar surface area (TPSA) is 89.3 Å². The molecule has 0 unspecified atom stereocenters. The first-order valence-corrected chi connectivity index (χ1v) is 15.8. The molecule has 1 amide bonds. The maximum atomic E-state index is 12.1. The summed E-state index contributed by atoms with van der Waals surface area (Å²) in [4.78, 5) is 12.0. The van der Waals surface area contributed by atoms with E-state index in [-0.39, 0.29) is 11.3 Å². The predicted octanol–water partition coefficient (Wildman–Crippen LogP) is 8.33. The van der Waals surface area contributed by atoms with Crippen LogP contribution in [-0.4, -0.2) is 14.3 Å². The van der Waals surface area contributed by atoms with Gasteiger partial charge in [0, 0.05) is 12.1 Å². The Hall–Kier alpha value is -2.34. The second-order valence-corrected chi connectivity index (χ2v) is 11.6. The molecule has 0 aliphatic heterocycles. The van der Waals surface area contributed by atoms with Crippen LogP contribution in [0.5, 0.6) is 0 Å². The Balaban J connectivity index is 0.000000836. The van der Waals surface area contributed by atoms with Crippen LogP contribution in [0.3, 0.4) is 0 Å². The second-order valence-electron chi connectivity index (χ2n) is 9.95. The highest BCUT2D eigenvalue weighted by Crippen LogP contribution is 2.14. The van der Waals surface area contributed by atoms with Gasteiger partial charge in [0.25, 0.3) is 10.0 Å². The van der Waals surface area contributed by atoms with Gasteiger partial charge in [0.2, 0.25) is 5.91 Å². The summed E-state index contributed by atoms with van der Waals surface area (Å²) in [5, 5.41) is 0. The third-order valence-electron chi connectivity index (χ3n) is 6.39. The van der Waals surface area contributed by atoms with E-state index in [1.807, 2.05) is 18.2 Å². The number of amides is 1. The molecule has 0 aromatic heterocycles. The van der Waals surface area contributed by atoms with Crippen LogP contribution in [0.1, 0.15) is 115 Å². The van der Waals surface area contributed by atoms with Crippen molar-refractivity contribution in [3.05, 3.63) is 60.2 Å². The Morgan fingerprint density at radius 3 is 1.51 bits per heavy atom. The van der Waals surface area contributed by atoms with Crippen molar-refractivity contribution in [1.29, 1.82) is 0 Å². The number of nitrogens with one attached hydrogen (secondary N) is 1. The number of rotatable bonds is 18. The highest BCUT2D eigenvalue weighted by atomic mass is 32.2. The first-order chi connectivity index (χ1) is 17.8. The van der Waals surface area contributed by atoms with Crippen LogP contribution in [0.2, 0.25) is 0 Å². The van der Waals surface area contributed by atoms with Crippen molar-refractivity contribution in [2.24, 2.45) is 0 Å². The SMILES string of the molecule is CCCCCCCCCCCCCCCCCC(=O)NS(=O)(=O)c1ccc(N)cc1.Cc1ccccc1. The number of nitrogens with two attached hydrogens (primary N) is 1. The third kappa shape index (κ3) is 17.7. The van der Waals surface area contributed by atoms with Crippen LogP contribution >= 0.6 is 0 Å². The molecule has 0 bridgehead atoms. The van der Waals surface area contributed by atoms with E-state index in [2.05, 4.69) is 30.7 Å². The summed E-state index contributed by atoms with van der Waals surface area (Å²) < 4.78 is 26.4. The first-order valence-electron chi connectivity index (χ1n) is 14.3. The van der Waals surface area contributed by atoms with Gasteiger partial charge in [-0.05, 0) is 37.6 Å². The van der Waals surface area contributed by atoms with E-state index in [9.17, 15) is 13.2 Å². The zero-order chi connectivity index (χ0) is 27.2. The van der Waals surface area contributed by atoms with Crippen molar-refractivity contribution in [2.75, 3.05) is 5.73 Å². The number of carbonyl (C=O) groups excluding carboxylic acids is 1. The summed E-state index contributed by atoms with van der Waals surface area (Å²) in [5.41, 5.74) is 7.37. The molecule has 0 aliphatic rings. The number of aryl methyl sites for hydroxylation is 1. The highest BCUT2D eigenvalue weighted by molar-refractivity contribution is 7.90. The minimum absolute atomic E-state index is 0.0570. The van der Waals surface area contributed by atoms with E-state index in [1.54, 1.807) is 0 Å². The van der Waals surface area contributed by atoms with Crippen molar-refractivity contribution < 1.29 is 13.2 Å². The fourth-order valence-corrected chi connectivity index (χ4v) is 5.11. The minimum atomic E-state index is -3.80. The van der Waals surface area contributed by atoms with Crippen molar-refractivity contribution in [1.82, 2.24) is 4.72 Å². The molecule has 2 aromatic carbocycles. The summed E-state index contributed by atoms with van der Waals surface area (Å²) in [6, 6.07) is 16.1. The number of unbranched alkanes of at least 4 members (excludes halogenated alkanes) is 14. The average Bonchev–Trinajstić information content (AvgIpc) is 2.87. The zero-order valence-corrected chi connectivity index (χ0v) is 24.0. The Morgan fingerprint density at radius 1 is 0.676 bits per heavy atom. The number of hydrogen-bond acceptors (Lipinski definition) is 4. The predicted molar refractivity (Wildman–Crippen MR) is 157 cm³/mol. The minimum Gasteiger partial charge on any atom is -0.399 e. The quantitative estimate of drug-likeness (QED) is 0.150. The maximum absolute atomic E-state index is 12.1. The number of nitrogen functional groups attached to an aromatic ring is 1. The largest absolute Gasteiger partial charge is 0.399 e. The Morgan fingerprint density at radius 2 is 1.11 bits per heavy atom. The van der Waals surface area contributed by atoms with Crippen LogP contribution in [0.15, 0.2) is 59.5 Å². The van der Waals surface area contributed by atoms with Gasteiger partial charge in [-0.25, -0.2) is 13.1 Å². The molecule has 2 aromatic rings. The lowest BCUT2D eigenvalue weighted by Crippen LogP contribution is -2.30.